The fraction of sp³-hybridized carbons (Fsp3) is 0.783. The summed E-state index contributed by atoms with van der Waals surface area (Å²) in [6, 6.07) is -0.0804. The topological polar surface area (TPSA) is 69.3 Å². The summed E-state index contributed by atoms with van der Waals surface area (Å²) in [5, 5.41) is 0. The Balaban J connectivity index is 1.52. The molecular formula is C23H36N4O2. The van der Waals surface area contributed by atoms with Crippen molar-refractivity contribution in [2.75, 3.05) is 19.6 Å². The van der Waals surface area contributed by atoms with Crippen molar-refractivity contribution in [1.82, 2.24) is 19.8 Å². The van der Waals surface area contributed by atoms with Crippen LogP contribution in [0.5, 0.6) is 0 Å². The molecule has 1 saturated heterocycles. The van der Waals surface area contributed by atoms with Gasteiger partial charge >= 0.3 is 0 Å². The Kier molecular flexibility index (Phi) is 6.38. The predicted molar refractivity (Wildman–Crippen MR) is 114 cm³/mol. The zero-order valence-electron chi connectivity index (χ0n) is 18.1. The fourth-order valence-electron chi connectivity index (χ4n) is 5.33. The summed E-state index contributed by atoms with van der Waals surface area (Å²) in [4.78, 5) is 38.0. The number of hydrogen-bond acceptors (Lipinski definition) is 4. The molecule has 3 aliphatic rings. The number of carbonyl (C=O) groups is 1. The second kappa shape index (κ2) is 8.99. The summed E-state index contributed by atoms with van der Waals surface area (Å²) >= 11 is 0. The van der Waals surface area contributed by atoms with Crippen LogP contribution in [0, 0.1) is 11.8 Å². The van der Waals surface area contributed by atoms with Gasteiger partial charge in [0.05, 0.1) is 11.7 Å². The van der Waals surface area contributed by atoms with Gasteiger partial charge in [-0.2, -0.15) is 0 Å². The summed E-state index contributed by atoms with van der Waals surface area (Å²) in [5.41, 5.74) is 1.80. The van der Waals surface area contributed by atoms with Crippen LogP contribution < -0.4 is 5.56 Å². The van der Waals surface area contributed by atoms with Crippen molar-refractivity contribution in [2.24, 2.45) is 11.8 Å². The molecule has 2 fully saturated rings. The highest BCUT2D eigenvalue weighted by molar-refractivity contribution is 5.79. The van der Waals surface area contributed by atoms with Crippen LogP contribution in [-0.4, -0.2) is 45.3 Å². The third-order valence-electron chi connectivity index (χ3n) is 7.30. The van der Waals surface area contributed by atoms with E-state index in [0.29, 0.717) is 5.82 Å². The van der Waals surface area contributed by atoms with Gasteiger partial charge < -0.3 is 9.88 Å². The Morgan fingerprint density at radius 2 is 1.97 bits per heavy atom. The molecule has 3 heterocycles. The Labute approximate surface area is 174 Å². The van der Waals surface area contributed by atoms with Gasteiger partial charge in [0.15, 0.2) is 0 Å². The van der Waals surface area contributed by atoms with Crippen LogP contribution >= 0.6 is 0 Å². The monoisotopic (exact) mass is 400 g/mol. The summed E-state index contributed by atoms with van der Waals surface area (Å²) in [6.07, 6.45) is 10.3. The average molecular weight is 401 g/mol. The third-order valence-corrected chi connectivity index (χ3v) is 7.30. The average Bonchev–Trinajstić information content (AvgIpc) is 3.23. The highest BCUT2D eigenvalue weighted by Crippen LogP contribution is 2.32. The molecule has 6 nitrogen and oxygen atoms in total. The van der Waals surface area contributed by atoms with Gasteiger partial charge in [0.1, 0.15) is 5.82 Å². The van der Waals surface area contributed by atoms with Crippen LogP contribution in [0.15, 0.2) is 4.79 Å². The van der Waals surface area contributed by atoms with Gasteiger partial charge in [0.2, 0.25) is 5.91 Å². The van der Waals surface area contributed by atoms with Gasteiger partial charge in [0.25, 0.3) is 5.56 Å². The smallest absolute Gasteiger partial charge is 0.254 e. The number of aromatic nitrogens is 2. The van der Waals surface area contributed by atoms with Gasteiger partial charge in [-0.1, -0.05) is 33.1 Å². The van der Waals surface area contributed by atoms with Crippen molar-refractivity contribution < 1.29 is 4.79 Å². The van der Waals surface area contributed by atoms with Crippen molar-refractivity contribution in [1.29, 1.82) is 0 Å². The second-order valence-electron chi connectivity index (χ2n) is 9.36. The molecule has 1 saturated carbocycles. The lowest BCUT2D eigenvalue weighted by atomic mass is 9.88. The van der Waals surface area contributed by atoms with E-state index in [4.69, 9.17) is 4.98 Å². The molecule has 0 radical (unpaired) electrons. The number of amides is 1. The molecule has 6 heteroatoms. The molecular weight excluding hydrogens is 364 g/mol. The minimum absolute atomic E-state index is 0.00477. The Hall–Kier alpha value is -1.69. The SMILES string of the molecule is CC[C@H](C)C(=O)N1CCC[C@H]1c1nc2c(c(=O)[nH]1)CCN(CC1CCCCC1)C2. The first-order valence-electron chi connectivity index (χ1n) is 11.7. The second-order valence-corrected chi connectivity index (χ2v) is 9.36. The van der Waals surface area contributed by atoms with E-state index >= 15 is 0 Å². The molecule has 29 heavy (non-hydrogen) atoms. The molecule has 4 rings (SSSR count). The van der Waals surface area contributed by atoms with Crippen LogP contribution in [0.2, 0.25) is 0 Å². The molecule has 0 unspecified atom stereocenters. The molecule has 1 N–H and O–H groups in total. The number of fused-ring (bicyclic) bond motifs is 1. The summed E-state index contributed by atoms with van der Waals surface area (Å²) in [5.74, 6) is 1.70. The molecule has 0 bridgehead atoms. The van der Waals surface area contributed by atoms with Crippen LogP contribution in [-0.2, 0) is 17.8 Å². The van der Waals surface area contributed by atoms with E-state index in [0.717, 1.165) is 69.0 Å². The molecule has 2 aliphatic heterocycles. The summed E-state index contributed by atoms with van der Waals surface area (Å²) in [7, 11) is 0. The summed E-state index contributed by atoms with van der Waals surface area (Å²) < 4.78 is 0. The number of rotatable bonds is 5. The molecule has 1 aromatic heterocycles. The van der Waals surface area contributed by atoms with Gasteiger partial charge in [-0.3, -0.25) is 14.5 Å². The largest absolute Gasteiger partial charge is 0.332 e. The number of nitrogens with one attached hydrogen (secondary N) is 1. The standard InChI is InChI=1S/C23H36N4O2/c1-3-16(2)23(29)27-12-7-10-20(27)21-24-19-15-26(13-11-18(19)22(28)25-21)14-17-8-5-4-6-9-17/h16-17,20H,3-15H2,1-2H3,(H,24,25,28)/t16-,20-/m0/s1. The van der Waals surface area contributed by atoms with Crippen LogP contribution in [0.3, 0.4) is 0 Å². The van der Waals surface area contributed by atoms with Crippen LogP contribution in [0.1, 0.15) is 88.3 Å². The van der Waals surface area contributed by atoms with E-state index in [1.54, 1.807) is 0 Å². The maximum Gasteiger partial charge on any atom is 0.254 e. The molecule has 0 aromatic carbocycles. The number of hydrogen-bond donors (Lipinski definition) is 1. The first kappa shape index (κ1) is 20.6. The first-order chi connectivity index (χ1) is 14.1. The first-order valence-corrected chi connectivity index (χ1v) is 11.7. The third kappa shape index (κ3) is 4.42. The van der Waals surface area contributed by atoms with E-state index in [1.165, 1.54) is 32.1 Å². The molecule has 160 valence electrons. The lowest BCUT2D eigenvalue weighted by Crippen LogP contribution is -2.40. The number of carbonyl (C=O) groups excluding carboxylic acids is 1. The van der Waals surface area contributed by atoms with Crippen LogP contribution in [0.25, 0.3) is 0 Å². The zero-order valence-corrected chi connectivity index (χ0v) is 18.1. The van der Waals surface area contributed by atoms with E-state index in [-0.39, 0.29) is 23.4 Å². The van der Waals surface area contributed by atoms with Crippen molar-refractivity contribution in [3.63, 3.8) is 0 Å². The minimum atomic E-state index is -0.0804. The predicted octanol–water partition coefficient (Wildman–Crippen LogP) is 3.42. The van der Waals surface area contributed by atoms with Gasteiger partial charge in [-0.05, 0) is 44.4 Å². The maximum atomic E-state index is 12.8. The van der Waals surface area contributed by atoms with E-state index in [1.807, 2.05) is 18.7 Å². The van der Waals surface area contributed by atoms with E-state index in [9.17, 15) is 9.59 Å². The summed E-state index contributed by atoms with van der Waals surface area (Å²) in [6.45, 7) is 7.66. The molecule has 1 aliphatic carbocycles. The lowest BCUT2D eigenvalue weighted by molar-refractivity contribution is -0.136. The van der Waals surface area contributed by atoms with Crippen molar-refractivity contribution in [3.05, 3.63) is 27.4 Å². The fourth-order valence-corrected chi connectivity index (χ4v) is 5.33. The van der Waals surface area contributed by atoms with Crippen LogP contribution in [0.4, 0.5) is 0 Å². The highest BCUT2D eigenvalue weighted by Gasteiger charge is 2.34. The Bertz CT molecular complexity index is 784. The minimum Gasteiger partial charge on any atom is -0.332 e. The van der Waals surface area contributed by atoms with Crippen molar-refractivity contribution in [2.45, 2.75) is 84.2 Å². The van der Waals surface area contributed by atoms with E-state index < -0.39 is 0 Å². The number of aromatic amines is 1. The molecule has 1 aromatic rings. The zero-order chi connectivity index (χ0) is 20.4. The highest BCUT2D eigenvalue weighted by atomic mass is 16.2. The molecule has 1 amide bonds. The van der Waals surface area contributed by atoms with E-state index in [2.05, 4.69) is 9.88 Å². The van der Waals surface area contributed by atoms with Gasteiger partial charge in [-0.25, -0.2) is 4.98 Å². The van der Waals surface area contributed by atoms with Crippen molar-refractivity contribution in [3.8, 4) is 0 Å². The lowest BCUT2D eigenvalue weighted by Gasteiger charge is -2.33. The normalized spacial score (nSPS) is 24.5. The Morgan fingerprint density at radius 3 is 2.72 bits per heavy atom. The number of H-pyrrole nitrogens is 1. The van der Waals surface area contributed by atoms with Crippen molar-refractivity contribution >= 4 is 5.91 Å². The Morgan fingerprint density at radius 1 is 1.17 bits per heavy atom. The number of likely N-dealkylation sites (tertiary alicyclic amines) is 1. The van der Waals surface area contributed by atoms with Gasteiger partial charge in [-0.15, -0.1) is 0 Å². The quantitative estimate of drug-likeness (QED) is 0.822. The number of nitrogens with zero attached hydrogens (tertiary/aromatic N) is 3. The maximum absolute atomic E-state index is 12.8. The van der Waals surface area contributed by atoms with Gasteiger partial charge in [0, 0.05) is 37.7 Å². The molecule has 2 atom stereocenters. The molecule has 0 spiro atoms.